The molecule has 0 atom stereocenters. The van der Waals surface area contributed by atoms with Crippen LogP contribution in [0.25, 0.3) is 0 Å². The van der Waals surface area contributed by atoms with Crippen molar-refractivity contribution in [1.82, 2.24) is 0 Å². The maximum atomic E-state index is 13.0. The first kappa shape index (κ1) is 12.2. The predicted octanol–water partition coefficient (Wildman–Crippen LogP) is 3.83. The Bertz CT molecular complexity index is 370. The van der Waals surface area contributed by atoms with E-state index < -0.39 is 23.1 Å². The predicted molar refractivity (Wildman–Crippen MR) is 54.6 cm³/mol. The van der Waals surface area contributed by atoms with E-state index in [2.05, 4.69) is 5.32 Å². The van der Waals surface area contributed by atoms with Crippen molar-refractivity contribution in [3.8, 4) is 0 Å². The molecule has 0 aliphatic carbocycles. The zero-order valence-corrected chi connectivity index (χ0v) is 8.84. The molecule has 82 valence electrons. The molecule has 0 radical (unpaired) electrons. The van der Waals surface area contributed by atoms with Gasteiger partial charge in [-0.2, -0.15) is 0 Å². The smallest absolute Gasteiger partial charge is 0.152 e. The molecular weight excluding hydrogens is 250 g/mol. The second-order valence-corrected chi connectivity index (χ2v) is 3.36. The van der Waals surface area contributed by atoms with Gasteiger partial charge in [-0.25, -0.2) is 13.2 Å². The van der Waals surface area contributed by atoms with Crippen molar-refractivity contribution in [1.29, 1.82) is 0 Å². The van der Waals surface area contributed by atoms with Gasteiger partial charge in [0.25, 0.3) is 0 Å². The Hall–Kier alpha value is -0.870. The first-order chi connectivity index (χ1) is 7.04. The molecule has 1 aromatic rings. The zero-order chi connectivity index (χ0) is 11.4. The lowest BCUT2D eigenvalue weighted by Gasteiger charge is -2.07. The Balaban J connectivity index is 2.86. The third-order valence-electron chi connectivity index (χ3n) is 1.56. The number of anilines is 1. The van der Waals surface area contributed by atoms with E-state index in [0.29, 0.717) is 12.1 Å². The van der Waals surface area contributed by atoms with Crippen LogP contribution in [-0.4, -0.2) is 6.54 Å². The standard InChI is InChI=1S/C9H6Cl2F3N/c10-3-5(11)4-15-9-7(13)1-6(12)2-8(9)14/h1-3,15H,4H2. The van der Waals surface area contributed by atoms with Gasteiger partial charge in [-0.1, -0.05) is 23.2 Å². The third kappa shape index (κ3) is 3.32. The van der Waals surface area contributed by atoms with Crippen LogP contribution in [0.15, 0.2) is 22.7 Å². The van der Waals surface area contributed by atoms with Gasteiger partial charge >= 0.3 is 0 Å². The largest absolute Gasteiger partial charge is 0.375 e. The Morgan fingerprint density at radius 3 is 2.27 bits per heavy atom. The highest BCUT2D eigenvalue weighted by Crippen LogP contribution is 2.20. The van der Waals surface area contributed by atoms with Gasteiger partial charge in [-0.3, -0.25) is 0 Å². The Kier molecular flexibility index (Phi) is 4.29. The minimum atomic E-state index is -1.02. The maximum Gasteiger partial charge on any atom is 0.152 e. The quantitative estimate of drug-likeness (QED) is 0.866. The lowest BCUT2D eigenvalue weighted by Crippen LogP contribution is -2.06. The molecule has 0 amide bonds. The van der Waals surface area contributed by atoms with Gasteiger partial charge in [0.15, 0.2) is 11.6 Å². The molecule has 1 nitrogen and oxygen atoms in total. The van der Waals surface area contributed by atoms with E-state index in [4.69, 9.17) is 23.2 Å². The zero-order valence-electron chi connectivity index (χ0n) is 7.33. The summed E-state index contributed by atoms with van der Waals surface area (Å²) in [6, 6.07) is 1.15. The van der Waals surface area contributed by atoms with E-state index in [-0.39, 0.29) is 11.6 Å². The SMILES string of the molecule is Fc1cc(F)c(NCC(Cl)=CCl)c(F)c1. The second kappa shape index (κ2) is 5.28. The first-order valence-corrected chi connectivity index (χ1v) is 4.69. The van der Waals surface area contributed by atoms with Gasteiger partial charge in [0, 0.05) is 22.7 Å². The van der Waals surface area contributed by atoms with Crippen molar-refractivity contribution in [2.45, 2.75) is 0 Å². The van der Waals surface area contributed by atoms with Gasteiger partial charge in [-0.15, -0.1) is 0 Å². The number of hydrogen-bond acceptors (Lipinski definition) is 1. The topological polar surface area (TPSA) is 12.0 Å². The van der Waals surface area contributed by atoms with E-state index >= 15 is 0 Å². The molecule has 0 aliphatic rings. The fourth-order valence-electron chi connectivity index (χ4n) is 0.922. The summed E-state index contributed by atoms with van der Waals surface area (Å²) < 4.78 is 38.6. The van der Waals surface area contributed by atoms with Gasteiger partial charge in [0.2, 0.25) is 0 Å². The molecule has 0 heterocycles. The summed E-state index contributed by atoms with van der Waals surface area (Å²) in [6.07, 6.45) is 0. The summed E-state index contributed by atoms with van der Waals surface area (Å²) in [6.45, 7) is -0.0372. The normalized spacial score (nSPS) is 11.7. The van der Waals surface area contributed by atoms with Gasteiger partial charge in [0.05, 0.1) is 6.54 Å². The van der Waals surface area contributed by atoms with Crippen molar-refractivity contribution >= 4 is 28.9 Å². The van der Waals surface area contributed by atoms with Gasteiger partial charge in [-0.05, 0) is 0 Å². The summed E-state index contributed by atoms with van der Waals surface area (Å²) >= 11 is 10.7. The molecule has 0 fully saturated rings. The van der Waals surface area contributed by atoms with Crippen LogP contribution in [0.4, 0.5) is 18.9 Å². The molecule has 0 bridgehead atoms. The van der Waals surface area contributed by atoms with Crippen LogP contribution < -0.4 is 5.32 Å². The molecule has 1 N–H and O–H groups in total. The summed E-state index contributed by atoms with van der Waals surface area (Å²) in [5.41, 5.74) is 0.626. The van der Waals surface area contributed by atoms with Crippen LogP contribution in [0.5, 0.6) is 0 Å². The van der Waals surface area contributed by atoms with Crippen LogP contribution in [0.2, 0.25) is 0 Å². The highest BCUT2D eigenvalue weighted by Gasteiger charge is 2.10. The lowest BCUT2D eigenvalue weighted by molar-refractivity contribution is 0.548. The third-order valence-corrected chi connectivity index (χ3v) is 2.18. The summed E-state index contributed by atoms with van der Waals surface area (Å²) in [4.78, 5) is 0. The minimum absolute atomic E-state index is 0.0372. The molecule has 6 heteroatoms. The highest BCUT2D eigenvalue weighted by atomic mass is 35.5. The number of rotatable bonds is 3. The molecule has 0 saturated carbocycles. The maximum absolute atomic E-state index is 13.0. The van der Waals surface area contributed by atoms with Gasteiger partial charge < -0.3 is 5.32 Å². The van der Waals surface area contributed by atoms with Crippen LogP contribution in [0.1, 0.15) is 0 Å². The fraction of sp³-hybridized carbons (Fsp3) is 0.111. The van der Waals surface area contributed by atoms with Crippen molar-refractivity contribution in [3.63, 3.8) is 0 Å². The number of nitrogens with one attached hydrogen (secondary N) is 1. The van der Waals surface area contributed by atoms with E-state index in [1.807, 2.05) is 0 Å². The summed E-state index contributed by atoms with van der Waals surface area (Å²) in [5, 5.41) is 2.54. The van der Waals surface area contributed by atoms with Crippen LogP contribution in [-0.2, 0) is 0 Å². The Labute approximate surface area is 94.5 Å². The molecule has 0 aromatic heterocycles. The summed E-state index contributed by atoms with van der Waals surface area (Å²) in [5.74, 6) is -3.02. The van der Waals surface area contributed by atoms with E-state index in [0.717, 1.165) is 5.54 Å². The van der Waals surface area contributed by atoms with E-state index in [9.17, 15) is 13.2 Å². The number of halogens is 5. The molecule has 1 aromatic carbocycles. The molecule has 15 heavy (non-hydrogen) atoms. The monoisotopic (exact) mass is 255 g/mol. The van der Waals surface area contributed by atoms with Crippen LogP contribution >= 0.6 is 23.2 Å². The van der Waals surface area contributed by atoms with Gasteiger partial charge in [0.1, 0.15) is 11.5 Å². The average Bonchev–Trinajstić information content (AvgIpc) is 2.15. The van der Waals surface area contributed by atoms with Crippen molar-refractivity contribution < 1.29 is 13.2 Å². The molecular formula is C9H6Cl2F3N. The number of benzene rings is 1. The molecule has 0 saturated heterocycles. The Morgan fingerprint density at radius 1 is 1.27 bits per heavy atom. The minimum Gasteiger partial charge on any atom is -0.375 e. The van der Waals surface area contributed by atoms with Crippen LogP contribution in [0, 0.1) is 17.5 Å². The molecule has 0 unspecified atom stereocenters. The highest BCUT2D eigenvalue weighted by molar-refractivity contribution is 6.36. The Morgan fingerprint density at radius 2 is 1.80 bits per heavy atom. The number of hydrogen-bond donors (Lipinski definition) is 1. The first-order valence-electron chi connectivity index (χ1n) is 3.87. The molecule has 0 aliphatic heterocycles. The fourth-order valence-corrected chi connectivity index (χ4v) is 1.07. The average molecular weight is 256 g/mol. The second-order valence-electron chi connectivity index (χ2n) is 2.65. The van der Waals surface area contributed by atoms with E-state index in [1.54, 1.807) is 0 Å². The molecule has 1 rings (SSSR count). The van der Waals surface area contributed by atoms with E-state index in [1.165, 1.54) is 0 Å². The van der Waals surface area contributed by atoms with Crippen LogP contribution in [0.3, 0.4) is 0 Å². The van der Waals surface area contributed by atoms with Crippen molar-refractivity contribution in [2.24, 2.45) is 0 Å². The molecule has 0 spiro atoms. The van der Waals surface area contributed by atoms with Crippen molar-refractivity contribution in [3.05, 3.63) is 40.2 Å². The lowest BCUT2D eigenvalue weighted by atomic mass is 10.3. The van der Waals surface area contributed by atoms with Crippen molar-refractivity contribution in [2.75, 3.05) is 11.9 Å². The summed E-state index contributed by atoms with van der Waals surface area (Å²) in [7, 11) is 0.